The Kier molecular flexibility index (Phi) is 4.79. The highest BCUT2D eigenvalue weighted by Crippen LogP contribution is 2.14. The second-order valence-electron chi connectivity index (χ2n) is 4.14. The number of rotatable bonds is 5. The van der Waals surface area contributed by atoms with Gasteiger partial charge in [-0.2, -0.15) is 0 Å². The Labute approximate surface area is 93.1 Å². The van der Waals surface area contributed by atoms with Crippen LogP contribution in [-0.2, 0) is 6.54 Å². The van der Waals surface area contributed by atoms with Crippen LogP contribution in [0.1, 0.15) is 22.3 Å². The van der Waals surface area contributed by atoms with Crippen LogP contribution in [0.15, 0.2) is 12.1 Å². The predicted octanol–water partition coefficient (Wildman–Crippen LogP) is 1.92. The van der Waals surface area contributed by atoms with Crippen LogP contribution in [0.5, 0.6) is 0 Å². The highest BCUT2D eigenvalue weighted by molar-refractivity contribution is 5.36. The summed E-state index contributed by atoms with van der Waals surface area (Å²) in [4.78, 5) is 0. The third kappa shape index (κ3) is 3.65. The lowest BCUT2D eigenvalue weighted by molar-refractivity contribution is 0.649. The van der Waals surface area contributed by atoms with Crippen LogP contribution in [0.2, 0.25) is 0 Å². The molecule has 2 heteroatoms. The van der Waals surface area contributed by atoms with Crippen molar-refractivity contribution in [1.82, 2.24) is 10.6 Å². The van der Waals surface area contributed by atoms with Gasteiger partial charge in [-0.15, -0.1) is 0 Å². The van der Waals surface area contributed by atoms with E-state index in [9.17, 15) is 0 Å². The predicted molar refractivity (Wildman–Crippen MR) is 66.3 cm³/mol. The molecular weight excluding hydrogens is 184 g/mol. The summed E-state index contributed by atoms with van der Waals surface area (Å²) in [5.74, 6) is 0. The van der Waals surface area contributed by atoms with Crippen LogP contribution in [-0.4, -0.2) is 20.1 Å². The van der Waals surface area contributed by atoms with E-state index in [1.54, 1.807) is 0 Å². The lowest BCUT2D eigenvalue weighted by Gasteiger charge is -2.10. The third-order valence-corrected chi connectivity index (χ3v) is 2.82. The molecule has 0 radical (unpaired) electrons. The van der Waals surface area contributed by atoms with E-state index in [0.29, 0.717) is 0 Å². The fourth-order valence-corrected chi connectivity index (χ4v) is 1.65. The normalized spacial score (nSPS) is 10.7. The summed E-state index contributed by atoms with van der Waals surface area (Å²) in [5, 5.41) is 6.55. The van der Waals surface area contributed by atoms with Crippen molar-refractivity contribution in [1.29, 1.82) is 0 Å². The number of likely N-dealkylation sites (N-methyl/N-ethyl adjacent to an activating group) is 1. The first-order valence-corrected chi connectivity index (χ1v) is 5.57. The van der Waals surface area contributed by atoms with Crippen LogP contribution in [0.25, 0.3) is 0 Å². The maximum atomic E-state index is 3.43. The second kappa shape index (κ2) is 5.89. The van der Waals surface area contributed by atoms with Gasteiger partial charge in [0.1, 0.15) is 0 Å². The van der Waals surface area contributed by atoms with Crippen molar-refractivity contribution < 1.29 is 0 Å². The van der Waals surface area contributed by atoms with E-state index in [2.05, 4.69) is 43.5 Å². The Morgan fingerprint density at radius 1 is 0.933 bits per heavy atom. The summed E-state index contributed by atoms with van der Waals surface area (Å²) in [6.07, 6.45) is 0. The Morgan fingerprint density at radius 2 is 1.60 bits per heavy atom. The molecule has 0 heterocycles. The maximum Gasteiger partial charge on any atom is 0.0208 e. The van der Waals surface area contributed by atoms with E-state index >= 15 is 0 Å². The zero-order valence-electron chi connectivity index (χ0n) is 10.3. The van der Waals surface area contributed by atoms with E-state index in [4.69, 9.17) is 0 Å². The molecule has 0 atom stereocenters. The first-order chi connectivity index (χ1) is 7.15. The molecule has 0 unspecified atom stereocenters. The summed E-state index contributed by atoms with van der Waals surface area (Å²) in [5.41, 5.74) is 5.56. The van der Waals surface area contributed by atoms with Gasteiger partial charge in [0.2, 0.25) is 0 Å². The van der Waals surface area contributed by atoms with Crippen LogP contribution in [0.4, 0.5) is 0 Å². The molecule has 84 valence electrons. The Morgan fingerprint density at radius 3 is 2.27 bits per heavy atom. The number of aryl methyl sites for hydroxylation is 3. The zero-order valence-corrected chi connectivity index (χ0v) is 10.3. The van der Waals surface area contributed by atoms with Gasteiger partial charge in [-0.25, -0.2) is 0 Å². The average Bonchev–Trinajstić information content (AvgIpc) is 2.20. The minimum absolute atomic E-state index is 0.967. The van der Waals surface area contributed by atoms with E-state index in [1.165, 1.54) is 22.3 Å². The minimum Gasteiger partial charge on any atom is -0.318 e. The Bertz CT molecular complexity index is 319. The number of benzene rings is 1. The highest BCUT2D eigenvalue weighted by atomic mass is 14.9. The van der Waals surface area contributed by atoms with Gasteiger partial charge in [0.25, 0.3) is 0 Å². The van der Waals surface area contributed by atoms with Crippen molar-refractivity contribution in [2.45, 2.75) is 27.3 Å². The third-order valence-electron chi connectivity index (χ3n) is 2.82. The quantitative estimate of drug-likeness (QED) is 0.719. The summed E-state index contributed by atoms with van der Waals surface area (Å²) in [7, 11) is 1.98. The summed E-state index contributed by atoms with van der Waals surface area (Å²) >= 11 is 0. The van der Waals surface area contributed by atoms with Gasteiger partial charge in [0, 0.05) is 19.6 Å². The molecule has 1 aromatic rings. The molecule has 0 fully saturated rings. The molecular formula is C13H22N2. The smallest absolute Gasteiger partial charge is 0.0208 e. The van der Waals surface area contributed by atoms with Gasteiger partial charge < -0.3 is 10.6 Å². The first-order valence-electron chi connectivity index (χ1n) is 5.57. The van der Waals surface area contributed by atoms with Crippen molar-refractivity contribution in [2.75, 3.05) is 20.1 Å². The van der Waals surface area contributed by atoms with Crippen molar-refractivity contribution in [2.24, 2.45) is 0 Å². The number of nitrogens with one attached hydrogen (secondary N) is 2. The molecule has 0 saturated heterocycles. The standard InChI is InChI=1S/C13H22N2/c1-10-7-12(3)13(8-11(10)2)9-15-6-5-14-4/h7-8,14-15H,5-6,9H2,1-4H3. The molecule has 0 aliphatic carbocycles. The van der Waals surface area contributed by atoms with Gasteiger partial charge in [0.05, 0.1) is 0 Å². The topological polar surface area (TPSA) is 24.1 Å². The highest BCUT2D eigenvalue weighted by Gasteiger charge is 2.00. The van der Waals surface area contributed by atoms with Gasteiger partial charge in [0.15, 0.2) is 0 Å². The second-order valence-corrected chi connectivity index (χ2v) is 4.14. The molecule has 0 spiro atoms. The number of hydrogen-bond donors (Lipinski definition) is 2. The van der Waals surface area contributed by atoms with Crippen molar-refractivity contribution in [3.05, 3.63) is 34.4 Å². The van der Waals surface area contributed by atoms with Gasteiger partial charge in [-0.05, 0) is 50.1 Å². The minimum atomic E-state index is 0.967. The van der Waals surface area contributed by atoms with Crippen molar-refractivity contribution in [3.63, 3.8) is 0 Å². The molecule has 0 aromatic heterocycles. The average molecular weight is 206 g/mol. The number of hydrogen-bond acceptors (Lipinski definition) is 2. The molecule has 2 nitrogen and oxygen atoms in total. The molecule has 0 saturated carbocycles. The molecule has 0 aliphatic rings. The van der Waals surface area contributed by atoms with E-state index in [-0.39, 0.29) is 0 Å². The molecule has 0 bridgehead atoms. The van der Waals surface area contributed by atoms with E-state index < -0.39 is 0 Å². The molecule has 0 amide bonds. The Balaban J connectivity index is 2.57. The fraction of sp³-hybridized carbons (Fsp3) is 0.538. The largest absolute Gasteiger partial charge is 0.318 e. The van der Waals surface area contributed by atoms with Crippen LogP contribution >= 0.6 is 0 Å². The summed E-state index contributed by atoms with van der Waals surface area (Å²) in [6.45, 7) is 9.52. The first kappa shape index (κ1) is 12.2. The molecule has 2 N–H and O–H groups in total. The lowest BCUT2D eigenvalue weighted by atomic mass is 10.0. The van der Waals surface area contributed by atoms with E-state index in [1.807, 2.05) is 7.05 Å². The van der Waals surface area contributed by atoms with Gasteiger partial charge >= 0.3 is 0 Å². The lowest BCUT2D eigenvalue weighted by Crippen LogP contribution is -2.24. The van der Waals surface area contributed by atoms with Crippen LogP contribution in [0, 0.1) is 20.8 Å². The van der Waals surface area contributed by atoms with E-state index in [0.717, 1.165) is 19.6 Å². The molecule has 0 aliphatic heterocycles. The monoisotopic (exact) mass is 206 g/mol. The summed E-state index contributed by atoms with van der Waals surface area (Å²) < 4.78 is 0. The van der Waals surface area contributed by atoms with Crippen LogP contribution < -0.4 is 10.6 Å². The molecule has 1 aromatic carbocycles. The maximum absolute atomic E-state index is 3.43. The molecule has 15 heavy (non-hydrogen) atoms. The van der Waals surface area contributed by atoms with Gasteiger partial charge in [-0.1, -0.05) is 12.1 Å². The van der Waals surface area contributed by atoms with Crippen LogP contribution in [0.3, 0.4) is 0 Å². The molecule has 1 rings (SSSR count). The fourth-order valence-electron chi connectivity index (χ4n) is 1.65. The van der Waals surface area contributed by atoms with Gasteiger partial charge in [-0.3, -0.25) is 0 Å². The Hall–Kier alpha value is -0.860. The SMILES string of the molecule is CNCCNCc1cc(C)c(C)cc1C. The van der Waals surface area contributed by atoms with Crippen molar-refractivity contribution in [3.8, 4) is 0 Å². The summed E-state index contributed by atoms with van der Waals surface area (Å²) in [6, 6.07) is 4.56. The van der Waals surface area contributed by atoms with Crippen molar-refractivity contribution >= 4 is 0 Å². The zero-order chi connectivity index (χ0) is 11.3.